The Kier molecular flexibility index (Phi) is 4.17. The molecule has 3 N–H and O–H groups in total. The van der Waals surface area contributed by atoms with Crippen molar-refractivity contribution in [2.45, 2.75) is 12.0 Å². The lowest BCUT2D eigenvalue weighted by atomic mass is 10.0. The molecule has 100 valence electrons. The van der Waals surface area contributed by atoms with E-state index in [2.05, 4.69) is 10.3 Å². The number of pyridine rings is 1. The van der Waals surface area contributed by atoms with Gasteiger partial charge in [-0.15, -0.1) is 0 Å². The third-order valence-corrected chi connectivity index (χ3v) is 3.63. The third-order valence-electron chi connectivity index (χ3n) is 3.03. The maximum Gasteiger partial charge on any atom is 0.147 e. The number of nitrogen functional groups attached to an aromatic ring is 1. The molecule has 1 unspecified atom stereocenters. The van der Waals surface area contributed by atoms with Gasteiger partial charge in [0.2, 0.25) is 0 Å². The van der Waals surface area contributed by atoms with Gasteiger partial charge in [-0.3, -0.25) is 0 Å². The fraction of sp³-hybridized carbons (Fsp3) is 0.545. The van der Waals surface area contributed by atoms with Crippen molar-refractivity contribution in [1.82, 2.24) is 4.98 Å². The molecule has 5 nitrogen and oxygen atoms in total. The number of hydrogen-bond donors (Lipinski definition) is 2. The molecule has 1 aliphatic rings. The largest absolute Gasteiger partial charge is 0.382 e. The zero-order valence-corrected chi connectivity index (χ0v) is 11.5. The van der Waals surface area contributed by atoms with Crippen LogP contribution in [0.1, 0.15) is 6.42 Å². The van der Waals surface area contributed by atoms with Gasteiger partial charge in [-0.2, -0.15) is 0 Å². The molecule has 0 spiro atoms. The van der Waals surface area contributed by atoms with Crippen LogP contribution < -0.4 is 11.1 Å². The SMILES string of the molecule is COC1(CNc2nc(N)c(Cl)cc2Cl)CCOC1. The van der Waals surface area contributed by atoms with E-state index in [1.807, 2.05) is 0 Å². The minimum Gasteiger partial charge on any atom is -0.382 e. The average Bonchev–Trinajstić information content (AvgIpc) is 2.82. The normalized spacial score (nSPS) is 23.3. The van der Waals surface area contributed by atoms with Gasteiger partial charge in [0.05, 0.1) is 16.7 Å². The predicted octanol–water partition coefficient (Wildman–Crippen LogP) is 2.19. The Labute approximate surface area is 116 Å². The molecule has 1 saturated heterocycles. The summed E-state index contributed by atoms with van der Waals surface area (Å²) in [4.78, 5) is 4.11. The number of ether oxygens (including phenoxy) is 2. The van der Waals surface area contributed by atoms with Crippen LogP contribution in [-0.2, 0) is 9.47 Å². The summed E-state index contributed by atoms with van der Waals surface area (Å²) >= 11 is 11.9. The van der Waals surface area contributed by atoms with Crippen molar-refractivity contribution in [3.63, 3.8) is 0 Å². The Hall–Kier alpha value is -0.750. The van der Waals surface area contributed by atoms with Gasteiger partial charge < -0.3 is 20.5 Å². The highest BCUT2D eigenvalue weighted by atomic mass is 35.5. The second-order valence-corrected chi connectivity index (χ2v) is 5.04. The van der Waals surface area contributed by atoms with Gasteiger partial charge in [0.15, 0.2) is 0 Å². The van der Waals surface area contributed by atoms with E-state index in [1.165, 1.54) is 0 Å². The number of halogens is 2. The topological polar surface area (TPSA) is 69.4 Å². The van der Waals surface area contributed by atoms with Crippen molar-refractivity contribution < 1.29 is 9.47 Å². The zero-order chi connectivity index (χ0) is 13.2. The molecule has 0 saturated carbocycles. The van der Waals surface area contributed by atoms with Gasteiger partial charge in [0.25, 0.3) is 0 Å². The summed E-state index contributed by atoms with van der Waals surface area (Å²) in [7, 11) is 1.67. The molecule has 7 heteroatoms. The summed E-state index contributed by atoms with van der Waals surface area (Å²) in [5, 5.41) is 3.90. The number of hydrogen-bond acceptors (Lipinski definition) is 5. The van der Waals surface area contributed by atoms with E-state index in [1.54, 1.807) is 13.2 Å². The lowest BCUT2D eigenvalue weighted by molar-refractivity contribution is -0.00624. The zero-order valence-electron chi connectivity index (χ0n) is 10.0. The van der Waals surface area contributed by atoms with Gasteiger partial charge in [-0.05, 0) is 6.07 Å². The highest BCUT2D eigenvalue weighted by Crippen LogP contribution is 2.29. The van der Waals surface area contributed by atoms with Gasteiger partial charge >= 0.3 is 0 Å². The van der Waals surface area contributed by atoms with Crippen LogP contribution in [0.25, 0.3) is 0 Å². The number of nitrogens with zero attached hydrogens (tertiary/aromatic N) is 1. The van der Waals surface area contributed by atoms with E-state index >= 15 is 0 Å². The lowest BCUT2D eigenvalue weighted by Crippen LogP contribution is -2.39. The van der Waals surface area contributed by atoms with E-state index in [4.69, 9.17) is 38.4 Å². The summed E-state index contributed by atoms with van der Waals surface area (Å²) in [5.41, 5.74) is 5.31. The number of rotatable bonds is 4. The maximum absolute atomic E-state index is 6.04. The first kappa shape index (κ1) is 13.7. The standard InChI is InChI=1S/C11H15Cl2N3O2/c1-17-11(2-3-18-6-11)5-15-10-8(13)4-7(12)9(14)16-10/h4H,2-3,5-6H2,1H3,(H3,14,15,16). The van der Waals surface area contributed by atoms with Crippen LogP contribution >= 0.6 is 23.2 Å². The van der Waals surface area contributed by atoms with Crippen LogP contribution in [0.2, 0.25) is 10.0 Å². The van der Waals surface area contributed by atoms with E-state index in [0.717, 1.165) is 6.42 Å². The minimum atomic E-state index is -0.334. The second-order valence-electron chi connectivity index (χ2n) is 4.23. The van der Waals surface area contributed by atoms with Crippen LogP contribution in [0.3, 0.4) is 0 Å². The Bertz CT molecular complexity index is 437. The molecule has 2 heterocycles. The monoisotopic (exact) mass is 291 g/mol. The van der Waals surface area contributed by atoms with Gasteiger partial charge in [0, 0.05) is 26.7 Å². The molecule has 1 atom stereocenters. The highest BCUT2D eigenvalue weighted by Gasteiger charge is 2.35. The molecule has 0 aromatic carbocycles. The van der Waals surface area contributed by atoms with Crippen LogP contribution in [0, 0.1) is 0 Å². The molecule has 2 rings (SSSR count). The highest BCUT2D eigenvalue weighted by molar-refractivity contribution is 6.37. The fourth-order valence-corrected chi connectivity index (χ4v) is 2.24. The van der Waals surface area contributed by atoms with Crippen molar-refractivity contribution in [2.24, 2.45) is 0 Å². The van der Waals surface area contributed by atoms with Crippen LogP contribution in [0.15, 0.2) is 6.07 Å². The van der Waals surface area contributed by atoms with Crippen molar-refractivity contribution in [1.29, 1.82) is 0 Å². The molecular formula is C11H15Cl2N3O2. The Morgan fingerprint density at radius 2 is 2.33 bits per heavy atom. The molecule has 0 amide bonds. The first-order valence-electron chi connectivity index (χ1n) is 5.55. The molecule has 1 aromatic heterocycles. The van der Waals surface area contributed by atoms with Crippen LogP contribution in [0.4, 0.5) is 11.6 Å². The smallest absolute Gasteiger partial charge is 0.147 e. The van der Waals surface area contributed by atoms with Crippen molar-refractivity contribution in [3.8, 4) is 0 Å². The molecule has 1 aliphatic heterocycles. The van der Waals surface area contributed by atoms with Crippen molar-refractivity contribution in [2.75, 3.05) is 37.9 Å². The van der Waals surface area contributed by atoms with E-state index in [0.29, 0.717) is 35.6 Å². The molecule has 0 aliphatic carbocycles. The average molecular weight is 292 g/mol. The van der Waals surface area contributed by atoms with E-state index in [9.17, 15) is 0 Å². The van der Waals surface area contributed by atoms with Crippen LogP contribution in [0.5, 0.6) is 0 Å². The molecule has 1 aromatic rings. The first-order valence-corrected chi connectivity index (χ1v) is 6.30. The molecule has 18 heavy (non-hydrogen) atoms. The fourth-order valence-electron chi connectivity index (χ4n) is 1.81. The van der Waals surface area contributed by atoms with Crippen molar-refractivity contribution in [3.05, 3.63) is 16.1 Å². The Balaban J connectivity index is 2.08. The maximum atomic E-state index is 6.04. The quantitative estimate of drug-likeness (QED) is 0.890. The Morgan fingerprint density at radius 3 is 2.94 bits per heavy atom. The van der Waals surface area contributed by atoms with Gasteiger partial charge in [-0.1, -0.05) is 23.2 Å². The number of anilines is 2. The lowest BCUT2D eigenvalue weighted by Gasteiger charge is -2.26. The van der Waals surface area contributed by atoms with E-state index < -0.39 is 0 Å². The Morgan fingerprint density at radius 1 is 1.56 bits per heavy atom. The summed E-state index contributed by atoms with van der Waals surface area (Å²) in [6.45, 7) is 1.80. The molecule has 1 fully saturated rings. The number of nitrogens with one attached hydrogen (secondary N) is 1. The number of methoxy groups -OCH3 is 1. The molecule has 0 radical (unpaired) electrons. The first-order chi connectivity index (χ1) is 8.56. The minimum absolute atomic E-state index is 0.248. The third kappa shape index (κ3) is 2.80. The van der Waals surface area contributed by atoms with Gasteiger partial charge in [-0.25, -0.2) is 4.98 Å². The summed E-state index contributed by atoms with van der Waals surface area (Å²) in [6, 6.07) is 1.57. The summed E-state index contributed by atoms with van der Waals surface area (Å²) in [6.07, 6.45) is 0.831. The van der Waals surface area contributed by atoms with Gasteiger partial charge in [0.1, 0.15) is 17.2 Å². The number of nitrogens with two attached hydrogens (primary N) is 1. The van der Waals surface area contributed by atoms with Crippen LogP contribution in [-0.4, -0.2) is 37.5 Å². The number of aromatic nitrogens is 1. The summed E-state index contributed by atoms with van der Waals surface area (Å²) < 4.78 is 10.8. The van der Waals surface area contributed by atoms with Crippen molar-refractivity contribution >= 4 is 34.8 Å². The van der Waals surface area contributed by atoms with E-state index in [-0.39, 0.29) is 11.4 Å². The molecule has 0 bridgehead atoms. The molecular weight excluding hydrogens is 277 g/mol. The summed E-state index contributed by atoms with van der Waals surface area (Å²) in [5.74, 6) is 0.750. The second kappa shape index (κ2) is 5.48. The predicted molar refractivity (Wildman–Crippen MR) is 72.3 cm³/mol.